The number of hydrogen-bond acceptors (Lipinski definition) is 3. The van der Waals surface area contributed by atoms with Crippen LogP contribution in [0.1, 0.15) is 12.0 Å². The lowest BCUT2D eigenvalue weighted by Crippen LogP contribution is -2.06. The molecule has 0 saturated heterocycles. The number of rotatable bonds is 9. The number of aromatic nitrogens is 1. The van der Waals surface area contributed by atoms with E-state index in [1.165, 1.54) is 0 Å². The first-order chi connectivity index (χ1) is 10.2. The molecule has 0 amide bonds. The maximum absolute atomic E-state index is 10.9. The summed E-state index contributed by atoms with van der Waals surface area (Å²) < 4.78 is 12.5. The summed E-state index contributed by atoms with van der Waals surface area (Å²) in [5.74, 6) is -0.805. The molecule has 114 valence electrons. The van der Waals surface area contributed by atoms with Crippen LogP contribution in [-0.4, -0.2) is 42.6 Å². The van der Waals surface area contributed by atoms with Crippen molar-refractivity contribution in [2.45, 2.75) is 19.4 Å². The van der Waals surface area contributed by atoms with E-state index in [-0.39, 0.29) is 6.42 Å². The van der Waals surface area contributed by atoms with Gasteiger partial charge in [-0.25, -0.2) is 0 Å². The van der Waals surface area contributed by atoms with Gasteiger partial charge in [-0.15, -0.1) is 0 Å². The van der Waals surface area contributed by atoms with Crippen LogP contribution in [0.25, 0.3) is 10.9 Å². The number of ether oxygens (including phenoxy) is 2. The topological polar surface area (TPSA) is 60.7 Å². The SMILES string of the molecule is COCCOCCCn1cc(CC(=O)O)c2ccccc21. The van der Waals surface area contributed by atoms with Gasteiger partial charge in [0.25, 0.3) is 0 Å². The number of carbonyl (C=O) groups is 1. The van der Waals surface area contributed by atoms with Gasteiger partial charge in [0.05, 0.1) is 19.6 Å². The van der Waals surface area contributed by atoms with Crippen molar-refractivity contribution < 1.29 is 19.4 Å². The van der Waals surface area contributed by atoms with Crippen LogP contribution in [0.3, 0.4) is 0 Å². The molecule has 0 atom stereocenters. The van der Waals surface area contributed by atoms with Gasteiger partial charge in [0.1, 0.15) is 0 Å². The van der Waals surface area contributed by atoms with E-state index in [0.717, 1.165) is 29.4 Å². The van der Waals surface area contributed by atoms with Gasteiger partial charge in [0, 0.05) is 37.4 Å². The second-order valence-electron chi connectivity index (χ2n) is 4.89. The van der Waals surface area contributed by atoms with Gasteiger partial charge in [-0.1, -0.05) is 18.2 Å². The molecule has 1 aromatic heterocycles. The molecule has 5 heteroatoms. The summed E-state index contributed by atoms with van der Waals surface area (Å²) in [6.45, 7) is 2.69. The zero-order chi connectivity index (χ0) is 15.1. The quantitative estimate of drug-likeness (QED) is 0.720. The van der Waals surface area contributed by atoms with E-state index in [4.69, 9.17) is 14.6 Å². The summed E-state index contributed by atoms with van der Waals surface area (Å²) >= 11 is 0. The number of methoxy groups -OCH3 is 1. The van der Waals surface area contributed by atoms with Crippen molar-refractivity contribution in [3.8, 4) is 0 Å². The second-order valence-corrected chi connectivity index (χ2v) is 4.89. The highest BCUT2D eigenvalue weighted by molar-refractivity contribution is 5.87. The first-order valence-electron chi connectivity index (χ1n) is 7.07. The lowest BCUT2D eigenvalue weighted by atomic mass is 10.1. The average Bonchev–Trinajstić information content (AvgIpc) is 2.81. The van der Waals surface area contributed by atoms with E-state index >= 15 is 0 Å². The van der Waals surface area contributed by atoms with Crippen LogP contribution in [-0.2, 0) is 27.2 Å². The standard InChI is InChI=1S/C16H21NO4/c1-20-9-10-21-8-4-7-17-12-13(11-16(18)19)14-5-2-3-6-15(14)17/h2-3,5-6,12H,4,7-11H2,1H3,(H,18,19). The van der Waals surface area contributed by atoms with Gasteiger partial charge >= 0.3 is 5.97 Å². The zero-order valence-electron chi connectivity index (χ0n) is 12.2. The number of carboxylic acids is 1. The first-order valence-corrected chi connectivity index (χ1v) is 7.07. The highest BCUT2D eigenvalue weighted by Gasteiger charge is 2.10. The lowest BCUT2D eigenvalue weighted by molar-refractivity contribution is -0.136. The number of para-hydroxylation sites is 1. The third-order valence-corrected chi connectivity index (χ3v) is 3.33. The Balaban J connectivity index is 2.00. The normalized spacial score (nSPS) is 11.1. The molecule has 0 saturated carbocycles. The fourth-order valence-electron chi connectivity index (χ4n) is 2.39. The van der Waals surface area contributed by atoms with Gasteiger partial charge in [0.15, 0.2) is 0 Å². The van der Waals surface area contributed by atoms with Crippen LogP contribution in [0.4, 0.5) is 0 Å². The Hall–Kier alpha value is -1.85. The summed E-state index contributed by atoms with van der Waals surface area (Å²) in [4.78, 5) is 10.9. The van der Waals surface area contributed by atoms with E-state index in [1.54, 1.807) is 7.11 Å². The van der Waals surface area contributed by atoms with Crippen LogP contribution in [0, 0.1) is 0 Å². The first kappa shape index (κ1) is 15.5. The van der Waals surface area contributed by atoms with Crippen molar-refractivity contribution in [2.75, 3.05) is 26.9 Å². The molecule has 0 radical (unpaired) electrons. The summed E-state index contributed by atoms with van der Waals surface area (Å²) in [5.41, 5.74) is 1.93. The predicted molar refractivity (Wildman–Crippen MR) is 80.6 cm³/mol. The van der Waals surface area contributed by atoms with Crippen LogP contribution in [0.5, 0.6) is 0 Å². The predicted octanol–water partition coefficient (Wildman–Crippen LogP) is 2.32. The number of hydrogen-bond donors (Lipinski definition) is 1. The summed E-state index contributed by atoms with van der Waals surface area (Å²) in [7, 11) is 1.65. The van der Waals surface area contributed by atoms with E-state index in [1.807, 2.05) is 30.5 Å². The fraction of sp³-hybridized carbons (Fsp3) is 0.438. The number of aliphatic carboxylic acids is 1. The molecule has 1 aromatic carbocycles. The largest absolute Gasteiger partial charge is 0.481 e. The second kappa shape index (κ2) is 7.81. The van der Waals surface area contributed by atoms with Gasteiger partial charge in [-0.05, 0) is 18.1 Å². The molecular formula is C16H21NO4. The number of carboxylic acid groups (broad SMARTS) is 1. The van der Waals surface area contributed by atoms with Gasteiger partial charge in [0.2, 0.25) is 0 Å². The van der Waals surface area contributed by atoms with Crippen LogP contribution in [0.2, 0.25) is 0 Å². The van der Waals surface area contributed by atoms with Crippen molar-refractivity contribution in [3.05, 3.63) is 36.0 Å². The number of fused-ring (bicyclic) bond motifs is 1. The molecule has 2 aromatic rings. The van der Waals surface area contributed by atoms with E-state index in [2.05, 4.69) is 4.57 Å². The van der Waals surface area contributed by atoms with Crippen LogP contribution < -0.4 is 0 Å². The number of aryl methyl sites for hydroxylation is 1. The van der Waals surface area contributed by atoms with Crippen LogP contribution >= 0.6 is 0 Å². The van der Waals surface area contributed by atoms with Gasteiger partial charge in [-0.3, -0.25) is 4.79 Å². The third-order valence-electron chi connectivity index (χ3n) is 3.33. The molecule has 1 N–H and O–H groups in total. The summed E-state index contributed by atoms with van der Waals surface area (Å²) in [6.07, 6.45) is 2.88. The molecule has 2 rings (SSSR count). The third kappa shape index (κ3) is 4.31. The molecule has 0 aliphatic heterocycles. The minimum Gasteiger partial charge on any atom is -0.481 e. The van der Waals surface area contributed by atoms with Crippen LogP contribution in [0.15, 0.2) is 30.5 Å². The maximum Gasteiger partial charge on any atom is 0.307 e. The summed E-state index contributed by atoms with van der Waals surface area (Å²) in [6, 6.07) is 7.90. The van der Waals surface area contributed by atoms with E-state index in [9.17, 15) is 4.79 Å². The molecule has 5 nitrogen and oxygen atoms in total. The Bertz CT molecular complexity index is 591. The van der Waals surface area contributed by atoms with Crippen molar-refractivity contribution in [1.82, 2.24) is 4.57 Å². The fourth-order valence-corrected chi connectivity index (χ4v) is 2.39. The maximum atomic E-state index is 10.9. The van der Waals surface area contributed by atoms with Crippen molar-refractivity contribution >= 4 is 16.9 Å². The molecule has 0 spiro atoms. The Morgan fingerprint density at radius 2 is 2.05 bits per heavy atom. The minimum absolute atomic E-state index is 0.0534. The molecule has 0 unspecified atom stereocenters. The molecule has 21 heavy (non-hydrogen) atoms. The molecule has 0 aliphatic rings. The monoisotopic (exact) mass is 291 g/mol. The Morgan fingerprint density at radius 3 is 2.81 bits per heavy atom. The van der Waals surface area contributed by atoms with Gasteiger partial charge < -0.3 is 19.1 Å². The smallest absolute Gasteiger partial charge is 0.307 e. The highest BCUT2D eigenvalue weighted by atomic mass is 16.5. The Kier molecular flexibility index (Phi) is 5.78. The summed E-state index contributed by atoms with van der Waals surface area (Å²) in [5, 5.41) is 10.0. The highest BCUT2D eigenvalue weighted by Crippen LogP contribution is 2.22. The van der Waals surface area contributed by atoms with E-state index < -0.39 is 5.97 Å². The minimum atomic E-state index is -0.805. The van der Waals surface area contributed by atoms with Crippen molar-refractivity contribution in [1.29, 1.82) is 0 Å². The average molecular weight is 291 g/mol. The molecule has 0 aliphatic carbocycles. The molecule has 1 heterocycles. The number of benzene rings is 1. The van der Waals surface area contributed by atoms with E-state index in [0.29, 0.717) is 19.8 Å². The number of nitrogens with zero attached hydrogens (tertiary/aromatic N) is 1. The molecule has 0 bridgehead atoms. The Morgan fingerprint density at radius 1 is 1.24 bits per heavy atom. The van der Waals surface area contributed by atoms with Crippen molar-refractivity contribution in [3.63, 3.8) is 0 Å². The Labute approximate surface area is 124 Å². The molecule has 0 fully saturated rings. The van der Waals surface area contributed by atoms with Crippen molar-refractivity contribution in [2.24, 2.45) is 0 Å². The lowest BCUT2D eigenvalue weighted by Gasteiger charge is -2.06. The van der Waals surface area contributed by atoms with Gasteiger partial charge in [-0.2, -0.15) is 0 Å². The zero-order valence-corrected chi connectivity index (χ0v) is 12.2. The molecular weight excluding hydrogens is 270 g/mol.